The maximum absolute atomic E-state index is 12.9. The number of hydrogen-bond acceptors (Lipinski definition) is 1. The van der Waals surface area contributed by atoms with Crippen molar-refractivity contribution in [1.29, 1.82) is 0 Å². The number of carbonyl (C=O) groups excluding carboxylic acids is 1. The monoisotopic (exact) mass is 291 g/mol. The van der Waals surface area contributed by atoms with Gasteiger partial charge in [-0.25, -0.2) is 4.39 Å². The number of nitrogens with one attached hydrogen (secondary N) is 1. The van der Waals surface area contributed by atoms with Crippen LogP contribution in [0.3, 0.4) is 0 Å². The SMILES string of the molecule is C[C@H](NC(=O)C(Cl)c1ccccc1)c1ccc(F)cc1. The zero-order valence-corrected chi connectivity index (χ0v) is 11.8. The molecule has 0 aliphatic heterocycles. The molecule has 1 unspecified atom stereocenters. The average Bonchev–Trinajstić information content (AvgIpc) is 2.48. The molecule has 0 saturated heterocycles. The Kier molecular flexibility index (Phi) is 4.74. The van der Waals surface area contributed by atoms with E-state index in [1.54, 1.807) is 24.3 Å². The van der Waals surface area contributed by atoms with Gasteiger partial charge in [-0.2, -0.15) is 0 Å². The highest BCUT2D eigenvalue weighted by Crippen LogP contribution is 2.22. The first-order chi connectivity index (χ1) is 9.58. The first-order valence-corrected chi connectivity index (χ1v) is 6.76. The predicted octanol–water partition coefficient (Wildman–Crippen LogP) is 3.98. The lowest BCUT2D eigenvalue weighted by Crippen LogP contribution is -2.29. The summed E-state index contributed by atoms with van der Waals surface area (Å²) in [5.41, 5.74) is 1.58. The molecule has 1 N–H and O–H groups in total. The van der Waals surface area contributed by atoms with Crippen LogP contribution in [0.2, 0.25) is 0 Å². The van der Waals surface area contributed by atoms with E-state index in [0.29, 0.717) is 0 Å². The summed E-state index contributed by atoms with van der Waals surface area (Å²) < 4.78 is 12.9. The zero-order chi connectivity index (χ0) is 14.5. The summed E-state index contributed by atoms with van der Waals surface area (Å²) in [5, 5.41) is 2.08. The second-order valence-corrected chi connectivity index (χ2v) is 4.99. The number of alkyl halides is 1. The van der Waals surface area contributed by atoms with Crippen LogP contribution in [0.1, 0.15) is 29.5 Å². The Bertz CT molecular complexity index is 571. The Balaban J connectivity index is 2.02. The third kappa shape index (κ3) is 3.58. The molecule has 0 aliphatic rings. The molecule has 0 fully saturated rings. The van der Waals surface area contributed by atoms with Crippen molar-refractivity contribution < 1.29 is 9.18 Å². The molecule has 0 aliphatic carbocycles. The van der Waals surface area contributed by atoms with E-state index in [1.165, 1.54) is 12.1 Å². The summed E-state index contributed by atoms with van der Waals surface area (Å²) in [7, 11) is 0. The van der Waals surface area contributed by atoms with Crippen LogP contribution in [0.5, 0.6) is 0 Å². The Labute approximate surface area is 122 Å². The van der Waals surface area contributed by atoms with Crippen LogP contribution in [0.15, 0.2) is 54.6 Å². The summed E-state index contributed by atoms with van der Waals surface area (Å²) in [6.07, 6.45) is 0. The fourth-order valence-electron chi connectivity index (χ4n) is 1.89. The maximum Gasteiger partial charge on any atom is 0.243 e. The van der Waals surface area contributed by atoms with E-state index in [9.17, 15) is 9.18 Å². The van der Waals surface area contributed by atoms with E-state index in [2.05, 4.69) is 5.32 Å². The van der Waals surface area contributed by atoms with Crippen LogP contribution in [-0.2, 0) is 4.79 Å². The van der Waals surface area contributed by atoms with E-state index in [4.69, 9.17) is 11.6 Å². The number of carbonyl (C=O) groups is 1. The van der Waals surface area contributed by atoms with E-state index in [1.807, 2.05) is 25.1 Å². The smallest absolute Gasteiger partial charge is 0.243 e. The first kappa shape index (κ1) is 14.5. The van der Waals surface area contributed by atoms with E-state index < -0.39 is 5.38 Å². The standard InChI is InChI=1S/C16H15ClFNO/c1-11(12-7-9-14(18)10-8-12)19-16(20)15(17)13-5-3-2-4-6-13/h2-11,15H,1H3,(H,19,20)/t11-,15?/m0/s1. The van der Waals surface area contributed by atoms with Gasteiger partial charge in [-0.3, -0.25) is 4.79 Å². The third-order valence-electron chi connectivity index (χ3n) is 3.05. The molecule has 2 aromatic rings. The molecule has 2 nitrogen and oxygen atoms in total. The van der Waals surface area contributed by atoms with Gasteiger partial charge in [0.05, 0.1) is 6.04 Å². The Morgan fingerprint density at radius 3 is 2.25 bits per heavy atom. The third-order valence-corrected chi connectivity index (χ3v) is 3.50. The Morgan fingerprint density at radius 1 is 1.05 bits per heavy atom. The number of amides is 1. The van der Waals surface area contributed by atoms with Crippen LogP contribution >= 0.6 is 11.6 Å². The number of halogens is 2. The van der Waals surface area contributed by atoms with E-state index >= 15 is 0 Å². The van der Waals surface area contributed by atoms with Crippen molar-refractivity contribution in [1.82, 2.24) is 5.32 Å². The van der Waals surface area contributed by atoms with Gasteiger partial charge in [0.1, 0.15) is 11.2 Å². The fraction of sp³-hybridized carbons (Fsp3) is 0.188. The second-order valence-electron chi connectivity index (χ2n) is 4.56. The van der Waals surface area contributed by atoms with Crippen molar-refractivity contribution in [2.75, 3.05) is 0 Å². The molecule has 2 aromatic carbocycles. The quantitative estimate of drug-likeness (QED) is 0.848. The molecule has 1 amide bonds. The zero-order valence-electron chi connectivity index (χ0n) is 11.0. The van der Waals surface area contributed by atoms with Gasteiger partial charge < -0.3 is 5.32 Å². The highest BCUT2D eigenvalue weighted by atomic mass is 35.5. The normalized spacial score (nSPS) is 13.6. The van der Waals surface area contributed by atoms with Crippen LogP contribution in [-0.4, -0.2) is 5.91 Å². The van der Waals surface area contributed by atoms with E-state index in [0.717, 1.165) is 11.1 Å². The molecule has 0 spiro atoms. The molecule has 0 radical (unpaired) electrons. The lowest BCUT2D eigenvalue weighted by atomic mass is 10.1. The maximum atomic E-state index is 12.9. The van der Waals surface area contributed by atoms with Crippen LogP contribution in [0, 0.1) is 5.82 Å². The van der Waals surface area contributed by atoms with Crippen molar-refractivity contribution >= 4 is 17.5 Å². The van der Waals surface area contributed by atoms with Gasteiger partial charge in [0.2, 0.25) is 5.91 Å². The molecule has 2 atom stereocenters. The molecule has 0 bridgehead atoms. The minimum Gasteiger partial charge on any atom is -0.348 e. The summed E-state index contributed by atoms with van der Waals surface area (Å²) in [6.45, 7) is 1.83. The molecule has 20 heavy (non-hydrogen) atoms. The minimum atomic E-state index is -0.737. The Morgan fingerprint density at radius 2 is 1.65 bits per heavy atom. The number of hydrogen-bond donors (Lipinski definition) is 1. The van der Waals surface area contributed by atoms with Gasteiger partial charge in [-0.15, -0.1) is 11.6 Å². The minimum absolute atomic E-state index is 0.229. The Hall–Kier alpha value is -1.87. The lowest BCUT2D eigenvalue weighted by Gasteiger charge is -2.17. The van der Waals surface area contributed by atoms with Gasteiger partial charge in [-0.1, -0.05) is 42.5 Å². The summed E-state index contributed by atoms with van der Waals surface area (Å²) in [4.78, 5) is 12.1. The highest BCUT2D eigenvalue weighted by molar-refractivity contribution is 6.30. The van der Waals surface area contributed by atoms with Crippen molar-refractivity contribution in [3.63, 3.8) is 0 Å². The molecule has 0 heterocycles. The lowest BCUT2D eigenvalue weighted by molar-refractivity contribution is -0.121. The molecule has 2 rings (SSSR count). The summed E-state index contributed by atoms with van der Waals surface area (Å²) >= 11 is 6.14. The number of benzene rings is 2. The highest BCUT2D eigenvalue weighted by Gasteiger charge is 2.19. The van der Waals surface area contributed by atoms with Gasteiger partial charge in [0.25, 0.3) is 0 Å². The fourth-order valence-corrected chi connectivity index (χ4v) is 2.10. The molecule has 0 aromatic heterocycles. The van der Waals surface area contributed by atoms with Crippen LogP contribution < -0.4 is 5.32 Å². The van der Waals surface area contributed by atoms with Crippen molar-refractivity contribution in [2.45, 2.75) is 18.3 Å². The second kappa shape index (κ2) is 6.53. The van der Waals surface area contributed by atoms with Gasteiger partial charge in [0.15, 0.2) is 0 Å². The van der Waals surface area contributed by atoms with Gasteiger partial charge >= 0.3 is 0 Å². The molecule has 104 valence electrons. The largest absolute Gasteiger partial charge is 0.348 e. The van der Waals surface area contributed by atoms with Gasteiger partial charge in [-0.05, 0) is 30.2 Å². The first-order valence-electron chi connectivity index (χ1n) is 6.33. The molecule has 0 saturated carbocycles. The summed E-state index contributed by atoms with van der Waals surface area (Å²) in [6, 6.07) is 14.9. The van der Waals surface area contributed by atoms with Crippen molar-refractivity contribution in [3.05, 3.63) is 71.5 Å². The predicted molar refractivity (Wildman–Crippen MR) is 78.0 cm³/mol. The molecular formula is C16H15ClFNO. The topological polar surface area (TPSA) is 29.1 Å². The number of rotatable bonds is 4. The van der Waals surface area contributed by atoms with Crippen LogP contribution in [0.4, 0.5) is 4.39 Å². The van der Waals surface area contributed by atoms with Crippen molar-refractivity contribution in [2.24, 2.45) is 0 Å². The summed E-state index contributed by atoms with van der Waals surface area (Å²) in [5.74, 6) is -0.568. The van der Waals surface area contributed by atoms with Crippen LogP contribution in [0.25, 0.3) is 0 Å². The van der Waals surface area contributed by atoms with Crippen molar-refractivity contribution in [3.8, 4) is 0 Å². The molecule has 4 heteroatoms. The van der Waals surface area contributed by atoms with E-state index in [-0.39, 0.29) is 17.8 Å². The molecular weight excluding hydrogens is 277 g/mol. The van der Waals surface area contributed by atoms with Gasteiger partial charge in [0, 0.05) is 0 Å². The average molecular weight is 292 g/mol.